The lowest BCUT2D eigenvalue weighted by atomic mass is 9.82. The summed E-state index contributed by atoms with van der Waals surface area (Å²) >= 11 is 0. The maximum absolute atomic E-state index is 12.8. The van der Waals surface area contributed by atoms with Crippen LogP contribution >= 0.6 is 0 Å². The molecule has 1 N–H and O–H groups in total. The maximum Gasteiger partial charge on any atom is 0.229 e. The van der Waals surface area contributed by atoms with Crippen molar-refractivity contribution in [3.63, 3.8) is 0 Å². The number of nitrogens with one attached hydrogen (secondary N) is 1. The van der Waals surface area contributed by atoms with Crippen LogP contribution < -0.4 is 10.2 Å². The number of amides is 1. The fourth-order valence-corrected chi connectivity index (χ4v) is 4.65. The highest BCUT2D eigenvalue weighted by molar-refractivity contribution is 5.93. The van der Waals surface area contributed by atoms with Gasteiger partial charge in [-0.15, -0.1) is 5.10 Å². The molecule has 2 aliphatic rings. The SMILES string of the molecule is CC1(Cn2cc(-c3ccc(NC(=O)C4CCN(c5cccnn5)C4)cc3)cn2)CCOCC1. The third-order valence-electron chi connectivity index (χ3n) is 6.80. The van der Waals surface area contributed by atoms with E-state index in [1.54, 1.807) is 6.20 Å². The van der Waals surface area contributed by atoms with E-state index in [0.717, 1.165) is 68.2 Å². The van der Waals surface area contributed by atoms with Crippen molar-refractivity contribution >= 4 is 17.4 Å². The van der Waals surface area contributed by atoms with Gasteiger partial charge in [-0.3, -0.25) is 9.48 Å². The van der Waals surface area contributed by atoms with Crippen LogP contribution in [0.4, 0.5) is 11.5 Å². The molecule has 8 heteroatoms. The molecule has 2 saturated heterocycles. The Balaban J connectivity index is 1.17. The van der Waals surface area contributed by atoms with Gasteiger partial charge < -0.3 is 15.0 Å². The molecule has 172 valence electrons. The van der Waals surface area contributed by atoms with Crippen LogP contribution in [0.1, 0.15) is 26.2 Å². The summed E-state index contributed by atoms with van der Waals surface area (Å²) in [6.45, 7) is 6.34. The molecule has 2 aromatic heterocycles. The lowest BCUT2D eigenvalue weighted by molar-refractivity contribution is -0.119. The summed E-state index contributed by atoms with van der Waals surface area (Å²) in [5.41, 5.74) is 3.22. The minimum absolute atomic E-state index is 0.0478. The van der Waals surface area contributed by atoms with E-state index in [-0.39, 0.29) is 17.2 Å². The molecule has 0 aliphatic carbocycles. The Morgan fingerprint density at radius 2 is 2.00 bits per heavy atom. The highest BCUT2D eigenvalue weighted by Crippen LogP contribution is 2.32. The molecule has 2 aliphatic heterocycles. The predicted molar refractivity (Wildman–Crippen MR) is 127 cm³/mol. The van der Waals surface area contributed by atoms with E-state index in [1.165, 1.54) is 0 Å². The van der Waals surface area contributed by atoms with Gasteiger partial charge in [0, 0.05) is 56.5 Å². The van der Waals surface area contributed by atoms with Gasteiger partial charge in [-0.1, -0.05) is 19.1 Å². The lowest BCUT2D eigenvalue weighted by Crippen LogP contribution is -2.31. The number of carbonyl (C=O) groups is 1. The summed E-state index contributed by atoms with van der Waals surface area (Å²) < 4.78 is 7.55. The van der Waals surface area contributed by atoms with Crippen molar-refractivity contribution in [3.8, 4) is 11.1 Å². The Bertz CT molecular complexity index is 1080. The summed E-state index contributed by atoms with van der Waals surface area (Å²) in [4.78, 5) is 14.9. The Kier molecular flexibility index (Phi) is 6.09. The standard InChI is InChI=1S/C25H30N6O2/c1-25(9-13-33-14-10-25)18-31-17-21(15-27-31)19-4-6-22(7-5-19)28-24(32)20-8-12-30(16-20)23-3-2-11-26-29-23/h2-7,11,15,17,20H,8-10,12-14,16,18H2,1H3,(H,28,32). The quantitative estimate of drug-likeness (QED) is 0.623. The maximum atomic E-state index is 12.8. The van der Waals surface area contributed by atoms with E-state index >= 15 is 0 Å². The van der Waals surface area contributed by atoms with Crippen molar-refractivity contribution in [1.29, 1.82) is 0 Å². The van der Waals surface area contributed by atoms with Gasteiger partial charge in [0.25, 0.3) is 0 Å². The summed E-state index contributed by atoms with van der Waals surface area (Å²) in [5, 5.41) is 15.7. The molecular weight excluding hydrogens is 416 g/mol. The average molecular weight is 447 g/mol. The Morgan fingerprint density at radius 3 is 2.76 bits per heavy atom. The first-order chi connectivity index (χ1) is 16.1. The smallest absolute Gasteiger partial charge is 0.229 e. The van der Waals surface area contributed by atoms with Crippen molar-refractivity contribution in [2.75, 3.05) is 36.5 Å². The third kappa shape index (κ3) is 5.06. The van der Waals surface area contributed by atoms with Crippen molar-refractivity contribution in [1.82, 2.24) is 20.0 Å². The Hall–Kier alpha value is -3.26. The molecule has 33 heavy (non-hydrogen) atoms. The first-order valence-corrected chi connectivity index (χ1v) is 11.6. The summed E-state index contributed by atoms with van der Waals surface area (Å²) in [6.07, 6.45) is 8.61. The second kappa shape index (κ2) is 9.31. The fraction of sp³-hybridized carbons (Fsp3) is 0.440. The van der Waals surface area contributed by atoms with Gasteiger partial charge in [-0.05, 0) is 54.5 Å². The lowest BCUT2D eigenvalue weighted by Gasteiger charge is -2.33. The van der Waals surface area contributed by atoms with E-state index in [9.17, 15) is 4.79 Å². The molecule has 4 heterocycles. The molecule has 8 nitrogen and oxygen atoms in total. The number of benzene rings is 1. The monoisotopic (exact) mass is 446 g/mol. The number of nitrogens with zero attached hydrogens (tertiary/aromatic N) is 5. The number of hydrogen-bond donors (Lipinski definition) is 1. The molecular formula is C25H30N6O2. The highest BCUT2D eigenvalue weighted by atomic mass is 16.5. The summed E-state index contributed by atoms with van der Waals surface area (Å²) in [7, 11) is 0. The Labute approximate surface area is 194 Å². The van der Waals surface area contributed by atoms with E-state index in [1.807, 2.05) is 47.3 Å². The predicted octanol–water partition coefficient (Wildman–Crippen LogP) is 3.62. The number of carbonyl (C=O) groups excluding carboxylic acids is 1. The van der Waals surface area contributed by atoms with Crippen LogP contribution in [0.3, 0.4) is 0 Å². The Morgan fingerprint density at radius 1 is 1.18 bits per heavy atom. The molecule has 0 saturated carbocycles. The summed E-state index contributed by atoms with van der Waals surface area (Å²) in [6, 6.07) is 11.8. The molecule has 0 spiro atoms. The second-order valence-corrected chi connectivity index (χ2v) is 9.43. The van der Waals surface area contributed by atoms with Crippen LogP contribution in [0.2, 0.25) is 0 Å². The molecule has 5 rings (SSSR count). The average Bonchev–Trinajstić information content (AvgIpc) is 3.51. The number of aromatic nitrogens is 4. The van der Waals surface area contributed by atoms with Crippen LogP contribution in [0.25, 0.3) is 11.1 Å². The van der Waals surface area contributed by atoms with Crippen LogP contribution in [-0.4, -0.2) is 52.2 Å². The van der Waals surface area contributed by atoms with Crippen molar-refractivity contribution in [3.05, 3.63) is 55.0 Å². The third-order valence-corrected chi connectivity index (χ3v) is 6.80. The molecule has 0 bridgehead atoms. The first kappa shape index (κ1) is 21.6. The minimum Gasteiger partial charge on any atom is -0.381 e. The second-order valence-electron chi connectivity index (χ2n) is 9.43. The molecule has 1 atom stereocenters. The van der Waals surface area contributed by atoms with Gasteiger partial charge in [0.1, 0.15) is 0 Å². The van der Waals surface area contributed by atoms with E-state index in [0.29, 0.717) is 6.54 Å². The summed E-state index contributed by atoms with van der Waals surface area (Å²) in [5.74, 6) is 0.812. The van der Waals surface area contributed by atoms with E-state index in [4.69, 9.17) is 4.74 Å². The van der Waals surface area contributed by atoms with Gasteiger partial charge in [0.2, 0.25) is 5.91 Å². The van der Waals surface area contributed by atoms with E-state index < -0.39 is 0 Å². The fourth-order valence-electron chi connectivity index (χ4n) is 4.65. The molecule has 0 radical (unpaired) electrons. The normalized spacial score (nSPS) is 20.0. The van der Waals surface area contributed by atoms with Gasteiger partial charge in [0.15, 0.2) is 5.82 Å². The van der Waals surface area contributed by atoms with Gasteiger partial charge in [-0.2, -0.15) is 10.2 Å². The topological polar surface area (TPSA) is 85.2 Å². The van der Waals surface area contributed by atoms with Crippen LogP contribution in [-0.2, 0) is 16.1 Å². The van der Waals surface area contributed by atoms with Crippen molar-refractivity contribution in [2.45, 2.75) is 32.7 Å². The molecule has 3 aromatic rings. The van der Waals surface area contributed by atoms with Crippen LogP contribution in [0.15, 0.2) is 55.0 Å². The zero-order valence-corrected chi connectivity index (χ0v) is 19.0. The van der Waals surface area contributed by atoms with Gasteiger partial charge in [0.05, 0.1) is 12.1 Å². The number of anilines is 2. The number of rotatable bonds is 6. The number of ether oxygens (including phenoxy) is 1. The largest absolute Gasteiger partial charge is 0.381 e. The van der Waals surface area contributed by atoms with Crippen molar-refractivity contribution in [2.24, 2.45) is 11.3 Å². The minimum atomic E-state index is -0.0588. The highest BCUT2D eigenvalue weighted by Gasteiger charge is 2.30. The van der Waals surface area contributed by atoms with Gasteiger partial charge in [-0.25, -0.2) is 0 Å². The van der Waals surface area contributed by atoms with Crippen molar-refractivity contribution < 1.29 is 9.53 Å². The molecule has 1 aromatic carbocycles. The van der Waals surface area contributed by atoms with E-state index in [2.05, 4.69) is 38.6 Å². The van der Waals surface area contributed by atoms with Crippen LogP contribution in [0.5, 0.6) is 0 Å². The molecule has 2 fully saturated rings. The first-order valence-electron chi connectivity index (χ1n) is 11.6. The number of hydrogen-bond acceptors (Lipinski definition) is 6. The zero-order chi connectivity index (χ0) is 22.7. The van der Waals surface area contributed by atoms with Gasteiger partial charge >= 0.3 is 0 Å². The molecule has 1 unspecified atom stereocenters. The molecule has 1 amide bonds. The zero-order valence-electron chi connectivity index (χ0n) is 19.0. The van der Waals surface area contributed by atoms with Crippen LogP contribution in [0, 0.1) is 11.3 Å².